The number of Topliss-reactive ketones (excluding diaryl/α,β-unsaturated/α-hetero) is 1. The zero-order valence-electron chi connectivity index (χ0n) is 31.4. The molecule has 8 rings (SSSR count). The molecular weight excluding hydrogens is 664 g/mol. The average molecular weight is 723 g/mol. The summed E-state index contributed by atoms with van der Waals surface area (Å²) in [4.78, 5) is 48.5. The lowest BCUT2D eigenvalue weighted by Crippen LogP contribution is -2.62. The monoisotopic (exact) mass is 722 g/mol. The van der Waals surface area contributed by atoms with Crippen molar-refractivity contribution >= 4 is 23.3 Å². The SMILES string of the molecule is COC(=O)[C@@]1(O)CC[C@H]2[C@@H]3CCC4=CC(=O)C=C[C@]4(C)[C@H]3[C@@H](O)C[C@@]21C.C[C@]12CCC(=O)C=C1CC[C@@H]1[C@@H]2[C@@H](O)C[C@@]2(C)[C@H]1CC[C@]2(O)C(=O)CO. The number of methoxy groups -OCH3 is 1. The number of aliphatic hydroxyl groups excluding tert-OH is 3. The van der Waals surface area contributed by atoms with Crippen LogP contribution < -0.4 is 0 Å². The summed E-state index contributed by atoms with van der Waals surface area (Å²) in [6.07, 6.45) is 13.6. The molecule has 52 heavy (non-hydrogen) atoms. The van der Waals surface area contributed by atoms with Gasteiger partial charge in [0, 0.05) is 28.6 Å². The Labute approximate surface area is 306 Å². The fraction of sp³-hybridized carbons (Fsp3) is 0.762. The Morgan fingerprint density at radius 2 is 1.33 bits per heavy atom. The van der Waals surface area contributed by atoms with E-state index in [0.29, 0.717) is 32.1 Å². The van der Waals surface area contributed by atoms with Crippen molar-refractivity contribution in [3.8, 4) is 0 Å². The fourth-order valence-corrected chi connectivity index (χ4v) is 14.1. The van der Waals surface area contributed by atoms with Crippen molar-refractivity contribution < 1.29 is 49.4 Å². The molecule has 0 heterocycles. The third-order valence-electron chi connectivity index (χ3n) is 16.8. The van der Waals surface area contributed by atoms with Crippen LogP contribution in [0.2, 0.25) is 0 Å². The third kappa shape index (κ3) is 4.99. The Bertz CT molecular complexity index is 1640. The molecule has 0 amide bonds. The highest BCUT2D eigenvalue weighted by Gasteiger charge is 2.70. The molecule has 6 saturated carbocycles. The topological polar surface area (TPSA) is 179 Å². The van der Waals surface area contributed by atoms with Gasteiger partial charge >= 0.3 is 5.97 Å². The summed E-state index contributed by atoms with van der Waals surface area (Å²) in [6, 6.07) is 0. The van der Waals surface area contributed by atoms with E-state index in [1.165, 1.54) is 12.7 Å². The largest absolute Gasteiger partial charge is 0.467 e. The van der Waals surface area contributed by atoms with Crippen LogP contribution in [0.5, 0.6) is 0 Å². The van der Waals surface area contributed by atoms with Gasteiger partial charge in [-0.15, -0.1) is 0 Å². The van der Waals surface area contributed by atoms with E-state index in [-0.39, 0.29) is 57.9 Å². The third-order valence-corrected chi connectivity index (χ3v) is 16.8. The van der Waals surface area contributed by atoms with Crippen molar-refractivity contribution in [3.63, 3.8) is 0 Å². The second-order valence-corrected chi connectivity index (χ2v) is 18.7. The molecule has 8 aliphatic carbocycles. The number of allylic oxidation sites excluding steroid dienone is 5. The van der Waals surface area contributed by atoms with Crippen LogP contribution in [0.4, 0.5) is 0 Å². The minimum atomic E-state index is -1.54. The van der Waals surface area contributed by atoms with E-state index in [9.17, 15) is 44.7 Å². The molecule has 286 valence electrons. The van der Waals surface area contributed by atoms with Crippen molar-refractivity contribution in [2.45, 2.75) is 128 Å². The first-order valence-electron chi connectivity index (χ1n) is 19.6. The van der Waals surface area contributed by atoms with Gasteiger partial charge in [-0.25, -0.2) is 4.79 Å². The summed E-state index contributed by atoms with van der Waals surface area (Å²) < 4.78 is 4.91. The smallest absolute Gasteiger partial charge is 0.338 e. The number of hydrogen-bond acceptors (Lipinski definition) is 10. The predicted octanol–water partition coefficient (Wildman–Crippen LogP) is 3.95. The number of hydrogen-bond donors (Lipinski definition) is 5. The molecule has 5 N–H and O–H groups in total. The number of rotatable bonds is 3. The van der Waals surface area contributed by atoms with Crippen LogP contribution in [0.15, 0.2) is 35.5 Å². The molecule has 0 unspecified atom stereocenters. The predicted molar refractivity (Wildman–Crippen MR) is 190 cm³/mol. The maximum atomic E-state index is 12.4. The van der Waals surface area contributed by atoms with Crippen LogP contribution in [0.25, 0.3) is 0 Å². The van der Waals surface area contributed by atoms with Gasteiger partial charge in [0.25, 0.3) is 0 Å². The van der Waals surface area contributed by atoms with Crippen LogP contribution in [0, 0.1) is 57.2 Å². The first kappa shape index (κ1) is 37.8. The fourth-order valence-electron chi connectivity index (χ4n) is 14.1. The van der Waals surface area contributed by atoms with Gasteiger partial charge < -0.3 is 30.3 Å². The molecule has 10 nitrogen and oxygen atoms in total. The van der Waals surface area contributed by atoms with E-state index in [1.807, 2.05) is 19.9 Å². The molecule has 0 aromatic carbocycles. The van der Waals surface area contributed by atoms with E-state index in [0.717, 1.165) is 50.5 Å². The van der Waals surface area contributed by atoms with Crippen LogP contribution in [0.1, 0.15) is 105 Å². The minimum absolute atomic E-state index is 0.00456. The van der Waals surface area contributed by atoms with Crippen molar-refractivity contribution in [1.29, 1.82) is 0 Å². The molecular formula is C42H58O10. The number of fused-ring (bicyclic) bond motifs is 10. The lowest BCUT2D eigenvalue weighted by atomic mass is 9.45. The number of ether oxygens (including phenoxy) is 1. The van der Waals surface area contributed by atoms with Crippen LogP contribution in [-0.2, 0) is 23.9 Å². The standard InChI is InChI=1S/C21H28O5.C21H30O5/c1-19-8-6-13(22)10-12(19)4-5-14-15-7-9-21(25,18(24)26-3)20(15,2)11-16(23)17(14)19;1-19-7-5-13(23)9-12(19)3-4-14-15-6-8-21(26,17(25)11-22)20(15,2)10-16(24)18(14)19/h6,8,10,14-17,23,25H,4-5,7,9,11H2,1-3H3;9,14-16,18,22,24,26H,3-8,10-11H2,1-2H3/t14-,15-,16-,17+,19-,20-,21-;14-,15-,16-,18+,19-,20-,21-/m00/s1. The minimum Gasteiger partial charge on any atom is -0.467 e. The first-order chi connectivity index (χ1) is 24.3. The molecule has 0 spiro atoms. The van der Waals surface area contributed by atoms with Crippen LogP contribution in [0.3, 0.4) is 0 Å². The van der Waals surface area contributed by atoms with Gasteiger partial charge in [0.15, 0.2) is 23.0 Å². The second-order valence-electron chi connectivity index (χ2n) is 18.7. The summed E-state index contributed by atoms with van der Waals surface area (Å²) in [7, 11) is 1.31. The number of carbonyl (C=O) groups excluding carboxylic acids is 4. The molecule has 14 atom stereocenters. The van der Waals surface area contributed by atoms with Gasteiger partial charge in [0.1, 0.15) is 12.2 Å². The number of carbonyl (C=O) groups is 4. The molecule has 10 heteroatoms. The Balaban J connectivity index is 0.000000162. The summed E-state index contributed by atoms with van der Waals surface area (Å²) in [6.45, 7) is 7.51. The Morgan fingerprint density at radius 3 is 1.94 bits per heavy atom. The van der Waals surface area contributed by atoms with Crippen molar-refractivity contribution in [1.82, 2.24) is 0 Å². The maximum absolute atomic E-state index is 12.4. The average Bonchev–Trinajstić information content (AvgIpc) is 3.53. The quantitative estimate of drug-likeness (QED) is 0.268. The van der Waals surface area contributed by atoms with Gasteiger partial charge in [-0.2, -0.15) is 0 Å². The Kier molecular flexibility index (Phi) is 9.10. The van der Waals surface area contributed by atoms with E-state index in [2.05, 4.69) is 13.8 Å². The lowest BCUT2D eigenvalue weighted by Gasteiger charge is -2.60. The van der Waals surface area contributed by atoms with E-state index >= 15 is 0 Å². The molecule has 0 radical (unpaired) electrons. The number of esters is 1. The Hall–Kier alpha value is -2.50. The Morgan fingerprint density at radius 1 is 0.769 bits per heavy atom. The maximum Gasteiger partial charge on any atom is 0.338 e. The van der Waals surface area contributed by atoms with Gasteiger partial charge in [-0.3, -0.25) is 14.4 Å². The molecule has 0 bridgehead atoms. The van der Waals surface area contributed by atoms with E-state index < -0.39 is 52.6 Å². The highest BCUT2D eigenvalue weighted by Crippen LogP contribution is 2.69. The van der Waals surface area contributed by atoms with Gasteiger partial charge in [0.2, 0.25) is 0 Å². The van der Waals surface area contributed by atoms with Crippen molar-refractivity contribution in [3.05, 3.63) is 35.5 Å². The summed E-state index contributed by atoms with van der Waals surface area (Å²) in [5.74, 6) is -0.0520. The van der Waals surface area contributed by atoms with Gasteiger partial charge in [-0.05, 0) is 124 Å². The zero-order chi connectivity index (χ0) is 37.8. The normalized spacial score (nSPS) is 50.1. The van der Waals surface area contributed by atoms with Crippen molar-refractivity contribution in [2.24, 2.45) is 57.2 Å². The molecule has 0 aliphatic heterocycles. The summed E-state index contributed by atoms with van der Waals surface area (Å²) in [5.41, 5.74) is -2.68. The van der Waals surface area contributed by atoms with Crippen LogP contribution >= 0.6 is 0 Å². The lowest BCUT2D eigenvalue weighted by molar-refractivity contribution is -0.194. The highest BCUT2D eigenvalue weighted by atomic mass is 16.5. The van der Waals surface area contributed by atoms with E-state index in [4.69, 9.17) is 4.74 Å². The number of ketones is 3. The first-order valence-corrected chi connectivity index (χ1v) is 19.6. The molecule has 0 aromatic rings. The van der Waals surface area contributed by atoms with Gasteiger partial charge in [-0.1, -0.05) is 44.9 Å². The van der Waals surface area contributed by atoms with Crippen molar-refractivity contribution in [2.75, 3.05) is 13.7 Å². The van der Waals surface area contributed by atoms with E-state index in [1.54, 1.807) is 18.2 Å². The molecule has 6 fully saturated rings. The molecule has 0 saturated heterocycles. The molecule has 0 aromatic heterocycles. The zero-order valence-corrected chi connectivity index (χ0v) is 31.4. The van der Waals surface area contributed by atoms with Gasteiger partial charge in [0.05, 0.1) is 19.3 Å². The highest BCUT2D eigenvalue weighted by molar-refractivity contribution is 6.01. The second kappa shape index (κ2) is 12.5. The summed E-state index contributed by atoms with van der Waals surface area (Å²) >= 11 is 0. The van der Waals surface area contributed by atoms with Crippen LogP contribution in [-0.4, -0.2) is 86.0 Å². The molecule has 8 aliphatic rings. The number of aliphatic hydroxyl groups is 5. The summed E-state index contributed by atoms with van der Waals surface area (Å²) in [5, 5.41) is 54.1.